The van der Waals surface area contributed by atoms with Gasteiger partial charge in [0.05, 0.1) is 6.54 Å². The van der Waals surface area contributed by atoms with Crippen molar-refractivity contribution >= 4 is 0 Å². The molecule has 0 spiro atoms. The van der Waals surface area contributed by atoms with Crippen LogP contribution >= 0.6 is 0 Å². The summed E-state index contributed by atoms with van der Waals surface area (Å²) < 4.78 is 0. The monoisotopic (exact) mass is 238 g/mol. The van der Waals surface area contributed by atoms with Gasteiger partial charge in [0.25, 0.3) is 0 Å². The third kappa shape index (κ3) is 5.31. The van der Waals surface area contributed by atoms with Gasteiger partial charge < -0.3 is 5.32 Å². The van der Waals surface area contributed by atoms with Gasteiger partial charge in [-0.1, -0.05) is 34.6 Å². The second-order valence-corrected chi connectivity index (χ2v) is 6.26. The van der Waals surface area contributed by atoms with Crippen LogP contribution in [-0.4, -0.2) is 21.7 Å². The van der Waals surface area contributed by atoms with Crippen molar-refractivity contribution in [2.24, 2.45) is 17.3 Å². The largest absolute Gasteiger partial charge is 0.310 e. The van der Waals surface area contributed by atoms with Gasteiger partial charge in [0.2, 0.25) is 0 Å². The van der Waals surface area contributed by atoms with Crippen LogP contribution in [0.1, 0.15) is 46.9 Å². The highest BCUT2D eigenvalue weighted by atomic mass is 15.2. The average molecular weight is 238 g/mol. The molecule has 0 amide bonds. The quantitative estimate of drug-likeness (QED) is 0.801. The predicted octanol–water partition coefficient (Wildman–Crippen LogP) is 2.60. The summed E-state index contributed by atoms with van der Waals surface area (Å²) in [5.41, 5.74) is 0.346. The molecule has 0 fully saturated rings. The van der Waals surface area contributed by atoms with E-state index in [0.717, 1.165) is 24.8 Å². The fraction of sp³-hybridized carbons (Fsp3) is 0.846. The minimum Gasteiger partial charge on any atom is -0.310 e. The van der Waals surface area contributed by atoms with Crippen molar-refractivity contribution in [3.63, 3.8) is 0 Å². The second-order valence-electron chi connectivity index (χ2n) is 6.26. The first kappa shape index (κ1) is 14.2. The number of nitrogens with zero attached hydrogens (tertiary/aromatic N) is 2. The molecule has 0 bridgehead atoms. The Kier molecular flexibility index (Phi) is 5.12. The Morgan fingerprint density at radius 3 is 2.53 bits per heavy atom. The van der Waals surface area contributed by atoms with Gasteiger partial charge >= 0.3 is 0 Å². The van der Waals surface area contributed by atoms with Crippen LogP contribution in [0.3, 0.4) is 0 Å². The zero-order chi connectivity index (χ0) is 12.9. The lowest BCUT2D eigenvalue weighted by molar-refractivity contribution is 0.197. The van der Waals surface area contributed by atoms with Crippen LogP contribution in [0, 0.1) is 17.3 Å². The van der Waals surface area contributed by atoms with Crippen molar-refractivity contribution in [3.8, 4) is 0 Å². The maximum absolute atomic E-state index is 4.11. The molecular weight excluding hydrogens is 212 g/mol. The molecule has 0 aliphatic carbocycles. The lowest BCUT2D eigenvalue weighted by Gasteiger charge is -2.32. The summed E-state index contributed by atoms with van der Waals surface area (Å²) in [7, 11) is 0. The molecule has 0 saturated carbocycles. The number of hydrogen-bond donors (Lipinski definition) is 2. The van der Waals surface area contributed by atoms with Crippen molar-refractivity contribution in [1.82, 2.24) is 20.5 Å². The Bertz CT molecular complexity index is 298. The number of hydrogen-bond acceptors (Lipinski definition) is 3. The van der Waals surface area contributed by atoms with Gasteiger partial charge in [-0.2, -0.15) is 5.10 Å². The van der Waals surface area contributed by atoms with E-state index in [0.29, 0.717) is 11.3 Å². The molecule has 1 heterocycles. The molecule has 0 aliphatic rings. The normalized spacial score (nSPS) is 14.2. The summed E-state index contributed by atoms with van der Waals surface area (Å²) in [6.45, 7) is 13.3. The summed E-state index contributed by atoms with van der Waals surface area (Å²) in [6, 6.07) is 0. The fourth-order valence-corrected chi connectivity index (χ4v) is 1.99. The van der Waals surface area contributed by atoms with Crippen LogP contribution in [0.25, 0.3) is 0 Å². The Balaban J connectivity index is 2.39. The zero-order valence-corrected chi connectivity index (χ0v) is 11.7. The van der Waals surface area contributed by atoms with Crippen molar-refractivity contribution in [2.45, 2.75) is 47.6 Å². The van der Waals surface area contributed by atoms with Crippen molar-refractivity contribution in [1.29, 1.82) is 0 Å². The van der Waals surface area contributed by atoms with Crippen LogP contribution in [0.2, 0.25) is 0 Å². The Morgan fingerprint density at radius 2 is 2.06 bits per heavy atom. The maximum atomic E-state index is 4.11. The number of nitrogens with one attached hydrogen (secondary N) is 2. The van der Waals surface area contributed by atoms with E-state index in [1.165, 1.54) is 6.42 Å². The molecule has 0 radical (unpaired) electrons. The molecule has 1 unspecified atom stereocenters. The highest BCUT2D eigenvalue weighted by Gasteiger charge is 2.24. The van der Waals surface area contributed by atoms with Gasteiger partial charge in [0, 0.05) is 0 Å². The standard InChI is InChI=1S/C13H26N4/c1-10(2)6-11(13(3,4)5)7-14-8-12-15-9-16-17-12/h9-11,14H,6-8H2,1-5H3,(H,15,16,17). The average Bonchev–Trinajstić information content (AvgIpc) is 2.67. The smallest absolute Gasteiger partial charge is 0.138 e. The lowest BCUT2D eigenvalue weighted by atomic mass is 9.76. The van der Waals surface area contributed by atoms with Gasteiger partial charge in [0.15, 0.2) is 0 Å². The van der Waals surface area contributed by atoms with E-state index in [1.807, 2.05) is 0 Å². The molecule has 4 nitrogen and oxygen atoms in total. The summed E-state index contributed by atoms with van der Waals surface area (Å²) in [5.74, 6) is 2.33. The maximum Gasteiger partial charge on any atom is 0.138 e. The molecule has 17 heavy (non-hydrogen) atoms. The third-order valence-electron chi connectivity index (χ3n) is 3.13. The zero-order valence-electron chi connectivity index (χ0n) is 11.7. The number of rotatable bonds is 6. The van der Waals surface area contributed by atoms with Gasteiger partial charge in [-0.3, -0.25) is 5.10 Å². The van der Waals surface area contributed by atoms with E-state index in [1.54, 1.807) is 6.33 Å². The van der Waals surface area contributed by atoms with E-state index in [4.69, 9.17) is 0 Å². The summed E-state index contributed by atoms with van der Waals surface area (Å²) in [6.07, 6.45) is 2.80. The topological polar surface area (TPSA) is 53.6 Å². The Morgan fingerprint density at radius 1 is 1.35 bits per heavy atom. The van der Waals surface area contributed by atoms with E-state index >= 15 is 0 Å². The lowest BCUT2D eigenvalue weighted by Crippen LogP contribution is -2.32. The number of H-pyrrole nitrogens is 1. The van der Waals surface area contributed by atoms with Crippen molar-refractivity contribution in [2.75, 3.05) is 6.54 Å². The molecule has 1 atom stereocenters. The fourth-order valence-electron chi connectivity index (χ4n) is 1.99. The van der Waals surface area contributed by atoms with Crippen LogP contribution in [0.15, 0.2) is 6.33 Å². The summed E-state index contributed by atoms with van der Waals surface area (Å²) >= 11 is 0. The van der Waals surface area contributed by atoms with Gasteiger partial charge in [-0.15, -0.1) is 0 Å². The molecule has 1 aromatic rings. The molecule has 0 aromatic carbocycles. The van der Waals surface area contributed by atoms with Crippen molar-refractivity contribution in [3.05, 3.63) is 12.2 Å². The van der Waals surface area contributed by atoms with E-state index in [2.05, 4.69) is 55.1 Å². The minimum absolute atomic E-state index is 0.346. The van der Waals surface area contributed by atoms with Crippen LogP contribution < -0.4 is 5.32 Å². The van der Waals surface area contributed by atoms with Crippen LogP contribution in [0.5, 0.6) is 0 Å². The Hall–Kier alpha value is -0.900. The first-order valence-corrected chi connectivity index (χ1v) is 6.44. The SMILES string of the molecule is CC(C)CC(CNCc1ncn[nH]1)C(C)(C)C. The summed E-state index contributed by atoms with van der Waals surface area (Å²) in [4.78, 5) is 4.11. The first-order chi connectivity index (χ1) is 7.89. The van der Waals surface area contributed by atoms with E-state index < -0.39 is 0 Å². The predicted molar refractivity (Wildman–Crippen MR) is 70.5 cm³/mol. The van der Waals surface area contributed by atoms with Crippen LogP contribution in [-0.2, 0) is 6.54 Å². The third-order valence-corrected chi connectivity index (χ3v) is 3.13. The van der Waals surface area contributed by atoms with Gasteiger partial charge in [0.1, 0.15) is 12.2 Å². The van der Waals surface area contributed by atoms with E-state index in [9.17, 15) is 0 Å². The Labute approximate surface area is 105 Å². The van der Waals surface area contributed by atoms with Gasteiger partial charge in [-0.05, 0) is 30.2 Å². The molecule has 0 aliphatic heterocycles. The highest BCUT2D eigenvalue weighted by molar-refractivity contribution is 4.81. The molecule has 1 aromatic heterocycles. The number of aromatic amines is 1. The van der Waals surface area contributed by atoms with Crippen LogP contribution in [0.4, 0.5) is 0 Å². The van der Waals surface area contributed by atoms with Crippen molar-refractivity contribution < 1.29 is 0 Å². The molecule has 0 saturated heterocycles. The minimum atomic E-state index is 0.346. The summed E-state index contributed by atoms with van der Waals surface area (Å²) in [5, 5.41) is 10.2. The highest BCUT2D eigenvalue weighted by Crippen LogP contribution is 2.30. The first-order valence-electron chi connectivity index (χ1n) is 6.44. The second kappa shape index (κ2) is 6.15. The molecular formula is C13H26N4. The molecule has 2 N–H and O–H groups in total. The molecule has 4 heteroatoms. The molecule has 98 valence electrons. The molecule has 1 rings (SSSR count). The van der Waals surface area contributed by atoms with Gasteiger partial charge in [-0.25, -0.2) is 4.98 Å². The number of aromatic nitrogens is 3. The van der Waals surface area contributed by atoms with E-state index in [-0.39, 0.29) is 0 Å².